The Labute approximate surface area is 105 Å². The minimum absolute atomic E-state index is 0.240. The maximum atomic E-state index is 11.0. The van der Waals surface area contributed by atoms with Gasteiger partial charge in [-0.05, 0) is 19.3 Å². The maximum Gasteiger partial charge on any atom is 0.308 e. The first-order valence-corrected chi connectivity index (χ1v) is 6.49. The molecule has 2 aliphatic rings. The number of aliphatic carboxylic acids is 1. The van der Waals surface area contributed by atoms with Crippen LogP contribution in [0.2, 0.25) is 0 Å². The van der Waals surface area contributed by atoms with Crippen LogP contribution in [0.25, 0.3) is 0 Å². The molecule has 3 rings (SSSR count). The molecule has 0 aliphatic carbocycles. The van der Waals surface area contributed by atoms with E-state index < -0.39 is 5.97 Å². The van der Waals surface area contributed by atoms with Crippen LogP contribution < -0.4 is 0 Å². The first kappa shape index (κ1) is 11.6. The molecule has 0 bridgehead atoms. The van der Waals surface area contributed by atoms with Gasteiger partial charge in [0.05, 0.1) is 18.6 Å². The first-order valence-electron chi connectivity index (χ1n) is 6.49. The largest absolute Gasteiger partial charge is 0.481 e. The topological polar surface area (TPSA) is 77.2 Å². The molecule has 0 radical (unpaired) electrons. The summed E-state index contributed by atoms with van der Waals surface area (Å²) < 4.78 is 7.32. The van der Waals surface area contributed by atoms with Gasteiger partial charge in [-0.25, -0.2) is 9.67 Å². The highest BCUT2D eigenvalue weighted by atomic mass is 16.5. The molecule has 1 aromatic heterocycles. The van der Waals surface area contributed by atoms with Gasteiger partial charge in [-0.2, -0.15) is 5.10 Å². The van der Waals surface area contributed by atoms with Gasteiger partial charge in [0.2, 0.25) is 0 Å². The summed E-state index contributed by atoms with van der Waals surface area (Å²) in [6, 6.07) is 0. The first-order chi connectivity index (χ1) is 8.72. The molecule has 2 unspecified atom stereocenters. The van der Waals surface area contributed by atoms with Crippen LogP contribution in [0.15, 0.2) is 0 Å². The van der Waals surface area contributed by atoms with Crippen molar-refractivity contribution in [2.45, 2.75) is 44.8 Å². The third-order valence-electron chi connectivity index (χ3n) is 3.69. The standard InChI is InChI=1S/C12H17N3O3/c16-12(17)8-3-4-11-13-10(14-15(11)7-8)6-9-2-1-5-18-9/h8-9H,1-7H2,(H,16,17). The fourth-order valence-corrected chi connectivity index (χ4v) is 2.66. The van der Waals surface area contributed by atoms with Crippen molar-refractivity contribution in [1.82, 2.24) is 14.8 Å². The van der Waals surface area contributed by atoms with E-state index in [2.05, 4.69) is 10.1 Å². The monoisotopic (exact) mass is 251 g/mol. The lowest BCUT2D eigenvalue weighted by molar-refractivity contribution is -0.142. The summed E-state index contributed by atoms with van der Waals surface area (Å²) in [6.07, 6.45) is 4.53. The summed E-state index contributed by atoms with van der Waals surface area (Å²) in [5.41, 5.74) is 0. The lowest BCUT2D eigenvalue weighted by Crippen LogP contribution is -2.27. The van der Waals surface area contributed by atoms with Crippen molar-refractivity contribution in [2.75, 3.05) is 6.61 Å². The van der Waals surface area contributed by atoms with Gasteiger partial charge in [0.1, 0.15) is 5.82 Å². The maximum absolute atomic E-state index is 11.0. The Hall–Kier alpha value is -1.43. The van der Waals surface area contributed by atoms with Gasteiger partial charge < -0.3 is 9.84 Å². The van der Waals surface area contributed by atoms with E-state index in [1.54, 1.807) is 4.68 Å². The normalized spacial score (nSPS) is 27.1. The van der Waals surface area contributed by atoms with E-state index in [1.807, 2.05) is 0 Å². The van der Waals surface area contributed by atoms with Crippen LogP contribution in [-0.4, -0.2) is 38.6 Å². The Morgan fingerprint density at radius 2 is 2.39 bits per heavy atom. The molecule has 98 valence electrons. The van der Waals surface area contributed by atoms with Gasteiger partial charge in [-0.15, -0.1) is 0 Å². The van der Waals surface area contributed by atoms with Gasteiger partial charge in [0.15, 0.2) is 5.82 Å². The molecule has 0 amide bonds. The number of hydrogen-bond donors (Lipinski definition) is 1. The molecule has 2 aliphatic heterocycles. The number of nitrogens with zero attached hydrogens (tertiary/aromatic N) is 3. The third kappa shape index (κ3) is 2.25. The molecule has 0 saturated carbocycles. The average Bonchev–Trinajstić information content (AvgIpc) is 2.96. The summed E-state index contributed by atoms with van der Waals surface area (Å²) in [7, 11) is 0. The molecule has 1 fully saturated rings. The van der Waals surface area contributed by atoms with E-state index >= 15 is 0 Å². The number of aryl methyl sites for hydroxylation is 1. The van der Waals surface area contributed by atoms with Gasteiger partial charge in [-0.1, -0.05) is 0 Å². The zero-order chi connectivity index (χ0) is 12.5. The number of carboxylic acids is 1. The number of fused-ring (bicyclic) bond motifs is 1. The summed E-state index contributed by atoms with van der Waals surface area (Å²) >= 11 is 0. The summed E-state index contributed by atoms with van der Waals surface area (Å²) in [6.45, 7) is 1.28. The van der Waals surface area contributed by atoms with Crippen LogP contribution in [0.4, 0.5) is 0 Å². The van der Waals surface area contributed by atoms with Crippen molar-refractivity contribution < 1.29 is 14.6 Å². The average molecular weight is 251 g/mol. The minimum atomic E-state index is -0.739. The van der Waals surface area contributed by atoms with E-state index in [-0.39, 0.29) is 12.0 Å². The Morgan fingerprint density at radius 3 is 3.11 bits per heavy atom. The van der Waals surface area contributed by atoms with Crippen molar-refractivity contribution in [3.8, 4) is 0 Å². The lowest BCUT2D eigenvalue weighted by atomic mass is 10.0. The van der Waals surface area contributed by atoms with Gasteiger partial charge in [-0.3, -0.25) is 4.79 Å². The molecule has 3 heterocycles. The summed E-state index contributed by atoms with van der Waals surface area (Å²) in [5.74, 6) is 0.648. The second kappa shape index (κ2) is 4.68. The second-order valence-corrected chi connectivity index (χ2v) is 5.04. The van der Waals surface area contributed by atoms with Crippen molar-refractivity contribution in [1.29, 1.82) is 0 Å². The van der Waals surface area contributed by atoms with E-state index in [0.29, 0.717) is 19.4 Å². The molecule has 6 heteroatoms. The quantitative estimate of drug-likeness (QED) is 0.853. The van der Waals surface area contributed by atoms with Crippen molar-refractivity contribution in [3.63, 3.8) is 0 Å². The van der Waals surface area contributed by atoms with E-state index in [9.17, 15) is 4.79 Å². The van der Waals surface area contributed by atoms with Crippen LogP contribution in [-0.2, 0) is 28.9 Å². The van der Waals surface area contributed by atoms with E-state index in [0.717, 1.165) is 37.5 Å². The molecule has 1 aromatic rings. The molecule has 6 nitrogen and oxygen atoms in total. The van der Waals surface area contributed by atoms with Crippen LogP contribution in [0.5, 0.6) is 0 Å². The fraction of sp³-hybridized carbons (Fsp3) is 0.750. The van der Waals surface area contributed by atoms with E-state index in [4.69, 9.17) is 9.84 Å². The molecule has 18 heavy (non-hydrogen) atoms. The molecule has 0 spiro atoms. The highest BCUT2D eigenvalue weighted by Crippen LogP contribution is 2.20. The Bertz CT molecular complexity index is 451. The van der Waals surface area contributed by atoms with Crippen molar-refractivity contribution in [2.24, 2.45) is 5.92 Å². The fourth-order valence-electron chi connectivity index (χ4n) is 2.66. The number of carboxylic acid groups (broad SMARTS) is 1. The molecule has 0 aromatic carbocycles. The van der Waals surface area contributed by atoms with Gasteiger partial charge in [0.25, 0.3) is 0 Å². The molecular weight excluding hydrogens is 234 g/mol. The Kier molecular flexibility index (Phi) is 3.03. The van der Waals surface area contributed by atoms with Crippen LogP contribution >= 0.6 is 0 Å². The summed E-state index contributed by atoms with van der Waals surface area (Å²) in [4.78, 5) is 15.5. The Balaban J connectivity index is 1.70. The van der Waals surface area contributed by atoms with Gasteiger partial charge in [0, 0.05) is 19.4 Å². The SMILES string of the molecule is O=C(O)C1CCc2nc(CC3CCCO3)nn2C1. The van der Waals surface area contributed by atoms with Crippen LogP contribution in [0, 0.1) is 5.92 Å². The molecule has 1 N–H and O–H groups in total. The van der Waals surface area contributed by atoms with Crippen LogP contribution in [0.1, 0.15) is 30.9 Å². The number of ether oxygens (including phenoxy) is 1. The van der Waals surface area contributed by atoms with Crippen molar-refractivity contribution >= 4 is 5.97 Å². The number of rotatable bonds is 3. The molecular formula is C12H17N3O3. The highest BCUT2D eigenvalue weighted by Gasteiger charge is 2.27. The third-order valence-corrected chi connectivity index (χ3v) is 3.69. The Morgan fingerprint density at radius 1 is 1.50 bits per heavy atom. The minimum Gasteiger partial charge on any atom is -0.481 e. The predicted octanol–water partition coefficient (Wildman–Crippen LogP) is 0.647. The zero-order valence-corrected chi connectivity index (χ0v) is 10.2. The number of carbonyl (C=O) groups is 1. The molecule has 2 atom stereocenters. The second-order valence-electron chi connectivity index (χ2n) is 5.04. The highest BCUT2D eigenvalue weighted by molar-refractivity contribution is 5.70. The number of aromatic nitrogens is 3. The van der Waals surface area contributed by atoms with Gasteiger partial charge >= 0.3 is 5.97 Å². The lowest BCUT2D eigenvalue weighted by Gasteiger charge is -2.18. The summed E-state index contributed by atoms with van der Waals surface area (Å²) in [5, 5.41) is 13.4. The number of hydrogen-bond acceptors (Lipinski definition) is 4. The predicted molar refractivity (Wildman–Crippen MR) is 62.1 cm³/mol. The van der Waals surface area contributed by atoms with E-state index in [1.165, 1.54) is 0 Å². The zero-order valence-electron chi connectivity index (χ0n) is 10.2. The van der Waals surface area contributed by atoms with Crippen molar-refractivity contribution in [3.05, 3.63) is 11.6 Å². The smallest absolute Gasteiger partial charge is 0.308 e. The van der Waals surface area contributed by atoms with Crippen LogP contribution in [0.3, 0.4) is 0 Å². The molecule has 1 saturated heterocycles.